The molecule has 0 aliphatic heterocycles. The van der Waals surface area contributed by atoms with Gasteiger partial charge in [0.05, 0.1) is 12.8 Å². The molecule has 0 unspecified atom stereocenters. The Morgan fingerprint density at radius 3 is 2.04 bits per heavy atom. The van der Waals surface area contributed by atoms with Gasteiger partial charge in [-0.25, -0.2) is 0 Å². The molecule has 4 heteroatoms. The molecule has 0 N–H and O–H groups in total. The van der Waals surface area contributed by atoms with E-state index in [0.29, 0.717) is 11.1 Å². The van der Waals surface area contributed by atoms with Crippen molar-refractivity contribution in [3.8, 4) is 5.75 Å². The number of carbonyl (C=O) groups is 1. The number of halogens is 1. The zero-order valence-electron chi connectivity index (χ0n) is 14.0. The molecule has 0 aromatic heterocycles. The lowest BCUT2D eigenvalue weighted by Crippen LogP contribution is -3.00. The molecule has 2 aromatic carbocycles. The van der Waals surface area contributed by atoms with Gasteiger partial charge in [-0.05, 0) is 24.3 Å². The van der Waals surface area contributed by atoms with Crippen molar-refractivity contribution in [1.82, 2.24) is 0 Å². The first-order valence-electron chi connectivity index (χ1n) is 7.59. The van der Waals surface area contributed by atoms with Crippen LogP contribution in [0.3, 0.4) is 0 Å². The van der Waals surface area contributed by atoms with E-state index < -0.39 is 7.26 Å². The summed E-state index contributed by atoms with van der Waals surface area (Å²) in [5.41, 5.74) is 1.41. The molecule has 2 rings (SSSR count). The van der Waals surface area contributed by atoms with Gasteiger partial charge in [0.2, 0.25) is 0 Å². The van der Waals surface area contributed by atoms with Crippen LogP contribution in [0.15, 0.2) is 54.6 Å². The Labute approximate surface area is 150 Å². The van der Waals surface area contributed by atoms with Crippen molar-refractivity contribution in [1.29, 1.82) is 0 Å². The highest BCUT2D eigenvalue weighted by Gasteiger charge is 2.15. The Morgan fingerprint density at radius 2 is 1.48 bits per heavy atom. The van der Waals surface area contributed by atoms with Crippen molar-refractivity contribution in [3.63, 3.8) is 0 Å². The predicted octanol–water partition coefficient (Wildman–Crippen LogP) is 1.60. The molecular weight excluding hydrogens is 371 g/mol. The third-order valence-electron chi connectivity index (χ3n) is 3.39. The highest BCUT2D eigenvalue weighted by Crippen LogP contribution is 2.46. The van der Waals surface area contributed by atoms with Crippen LogP contribution in [0, 0.1) is 0 Å². The van der Waals surface area contributed by atoms with Crippen LogP contribution in [0.5, 0.6) is 5.75 Å². The lowest BCUT2D eigenvalue weighted by atomic mass is 10.0. The molecule has 0 atom stereocenters. The summed E-state index contributed by atoms with van der Waals surface area (Å²) in [6.45, 7) is 7.77. The molecule has 0 heterocycles. The second-order valence-electron chi connectivity index (χ2n) is 6.44. The van der Waals surface area contributed by atoms with E-state index in [1.54, 1.807) is 0 Å². The van der Waals surface area contributed by atoms with Crippen LogP contribution in [0.4, 0.5) is 0 Å². The normalized spacial score (nSPS) is 10.7. The average Bonchev–Trinajstić information content (AvgIpc) is 2.51. The van der Waals surface area contributed by atoms with E-state index in [1.807, 2.05) is 54.6 Å². The molecule has 124 valence electrons. The number of carbonyl (C=O) groups excluding carboxylic acids is 1. The maximum atomic E-state index is 12.3. The first-order chi connectivity index (χ1) is 10.5. The Balaban J connectivity index is 0.00000264. The molecule has 0 amide bonds. The molecule has 2 nitrogen and oxygen atoms in total. The third-order valence-corrected chi connectivity index (χ3v) is 5.05. The molecule has 0 bridgehead atoms. The van der Waals surface area contributed by atoms with Gasteiger partial charge < -0.3 is 21.7 Å². The zero-order valence-corrected chi connectivity index (χ0v) is 16.4. The number of ether oxygens (including phenoxy) is 1. The molecule has 0 saturated heterocycles. The Hall–Kier alpha value is -1.18. The minimum absolute atomic E-state index is 0. The smallest absolute Gasteiger partial charge is 0.193 e. The largest absolute Gasteiger partial charge is 1.00 e. The van der Waals surface area contributed by atoms with Crippen molar-refractivity contribution in [2.75, 3.05) is 32.8 Å². The van der Waals surface area contributed by atoms with Crippen LogP contribution in [0.2, 0.25) is 0 Å². The minimum atomic E-state index is -0.717. The van der Waals surface area contributed by atoms with Crippen LogP contribution in [0.25, 0.3) is 0 Å². The van der Waals surface area contributed by atoms with Gasteiger partial charge in [0.25, 0.3) is 0 Å². The second-order valence-corrected chi connectivity index (χ2v) is 11.5. The van der Waals surface area contributed by atoms with Gasteiger partial charge in [0, 0.05) is 44.8 Å². The van der Waals surface area contributed by atoms with E-state index in [-0.39, 0.29) is 22.8 Å². The number of hydrogen-bond acceptors (Lipinski definition) is 2. The van der Waals surface area contributed by atoms with Crippen molar-refractivity contribution in [2.45, 2.75) is 6.42 Å². The summed E-state index contributed by atoms with van der Waals surface area (Å²) in [6, 6.07) is 16.8. The highest BCUT2D eigenvalue weighted by molar-refractivity contribution is 7.73. The minimum Gasteiger partial charge on any atom is -1.00 e. The molecule has 2 aromatic rings. The van der Waals surface area contributed by atoms with E-state index in [4.69, 9.17) is 4.74 Å². The summed E-state index contributed by atoms with van der Waals surface area (Å²) >= 11 is 0. The Kier molecular flexibility index (Phi) is 7.94. The fourth-order valence-electron chi connectivity index (χ4n) is 2.19. The van der Waals surface area contributed by atoms with Crippen molar-refractivity contribution < 1.29 is 26.5 Å². The van der Waals surface area contributed by atoms with Crippen LogP contribution in [-0.4, -0.2) is 38.5 Å². The summed E-state index contributed by atoms with van der Waals surface area (Å²) in [5.74, 6) is 0.876. The van der Waals surface area contributed by atoms with Crippen LogP contribution in [-0.2, 0) is 0 Å². The van der Waals surface area contributed by atoms with E-state index in [9.17, 15) is 4.79 Å². The predicted molar refractivity (Wildman–Crippen MR) is 96.0 cm³/mol. The third kappa shape index (κ3) is 6.85. The Bertz CT molecular complexity index is 604. The van der Waals surface area contributed by atoms with E-state index in [0.717, 1.165) is 18.8 Å². The maximum absolute atomic E-state index is 12.3. The lowest BCUT2D eigenvalue weighted by molar-refractivity contribution is -0.0000124. The second kappa shape index (κ2) is 9.20. The van der Waals surface area contributed by atoms with Gasteiger partial charge in [-0.1, -0.05) is 30.3 Å². The molecule has 0 aliphatic carbocycles. The summed E-state index contributed by atoms with van der Waals surface area (Å²) < 4.78 is 5.75. The van der Waals surface area contributed by atoms with Crippen LogP contribution < -0.4 is 21.7 Å². The first-order valence-corrected chi connectivity index (χ1v) is 10.9. The molecular formula is C19H24BrO2P. The van der Waals surface area contributed by atoms with E-state index >= 15 is 0 Å². The summed E-state index contributed by atoms with van der Waals surface area (Å²) in [5, 5.41) is 0. The molecule has 0 spiro atoms. The number of ketones is 1. The Morgan fingerprint density at radius 1 is 0.913 bits per heavy atom. The number of benzene rings is 2. The monoisotopic (exact) mass is 394 g/mol. The van der Waals surface area contributed by atoms with Gasteiger partial charge >= 0.3 is 0 Å². The van der Waals surface area contributed by atoms with Crippen molar-refractivity contribution in [3.05, 3.63) is 65.7 Å². The van der Waals surface area contributed by atoms with Gasteiger partial charge in [0.1, 0.15) is 5.75 Å². The van der Waals surface area contributed by atoms with Gasteiger partial charge in [-0.15, -0.1) is 0 Å². The highest BCUT2D eigenvalue weighted by atomic mass is 79.9. The molecule has 0 saturated carbocycles. The zero-order chi connectivity index (χ0) is 16.0. The molecule has 0 radical (unpaired) electrons. The average molecular weight is 395 g/mol. The fraction of sp³-hybridized carbons (Fsp3) is 0.316. The topological polar surface area (TPSA) is 26.3 Å². The summed E-state index contributed by atoms with van der Waals surface area (Å²) in [4.78, 5) is 12.3. The van der Waals surface area contributed by atoms with E-state index in [1.165, 1.54) is 6.16 Å². The quantitative estimate of drug-likeness (QED) is 0.405. The summed E-state index contributed by atoms with van der Waals surface area (Å²) in [7, 11) is -0.717. The van der Waals surface area contributed by atoms with Crippen LogP contribution >= 0.6 is 7.26 Å². The van der Waals surface area contributed by atoms with E-state index in [2.05, 4.69) is 20.0 Å². The fourth-order valence-corrected chi connectivity index (χ4v) is 3.27. The molecule has 0 fully saturated rings. The maximum Gasteiger partial charge on any atom is 0.193 e. The van der Waals surface area contributed by atoms with Gasteiger partial charge in [0.15, 0.2) is 5.78 Å². The van der Waals surface area contributed by atoms with Gasteiger partial charge in [-0.3, -0.25) is 4.79 Å². The van der Waals surface area contributed by atoms with Crippen LogP contribution in [0.1, 0.15) is 22.3 Å². The van der Waals surface area contributed by atoms with Crippen molar-refractivity contribution >= 4 is 13.0 Å². The first kappa shape index (κ1) is 19.9. The van der Waals surface area contributed by atoms with Gasteiger partial charge in [-0.2, -0.15) is 0 Å². The standard InChI is InChI=1S/C19H24O2P.BrH/c1-22(2,3)15-7-14-21-18-12-10-17(11-13-18)19(20)16-8-5-4-6-9-16;/h4-6,8-13H,7,14-15H2,1-3H3;1H/q+1;/p-1. The molecule has 0 aliphatic rings. The summed E-state index contributed by atoms with van der Waals surface area (Å²) in [6.07, 6.45) is 2.33. The number of rotatable bonds is 7. The SMILES string of the molecule is C[P+](C)(C)CCCOc1ccc(C(=O)c2ccccc2)cc1.[Br-]. The molecule has 23 heavy (non-hydrogen) atoms. The lowest BCUT2D eigenvalue weighted by Gasteiger charge is -2.12. The van der Waals surface area contributed by atoms with Crippen molar-refractivity contribution in [2.24, 2.45) is 0 Å². The number of hydrogen-bond donors (Lipinski definition) is 0.